The Kier molecular flexibility index (Phi) is 4.98. The molecule has 0 unspecified atom stereocenters. The number of para-hydroxylation sites is 1. The molecule has 2 aromatic rings. The number of hydrogen-bond donors (Lipinski definition) is 1. The van der Waals surface area contributed by atoms with Gasteiger partial charge in [-0.2, -0.15) is 5.10 Å². The first-order valence-electron chi connectivity index (χ1n) is 7.12. The van der Waals surface area contributed by atoms with Crippen molar-refractivity contribution in [1.29, 1.82) is 0 Å². The van der Waals surface area contributed by atoms with Crippen molar-refractivity contribution in [2.24, 2.45) is 5.10 Å². The second kappa shape index (κ2) is 6.95. The summed E-state index contributed by atoms with van der Waals surface area (Å²) < 4.78 is 10.5. The Labute approximate surface area is 138 Å². The summed E-state index contributed by atoms with van der Waals surface area (Å²) in [4.78, 5) is 22.0. The molecule has 1 N–H and O–H groups in total. The fourth-order valence-corrected chi connectivity index (χ4v) is 1.86. The number of nitrogens with zero attached hydrogens (tertiary/aromatic N) is 2. The van der Waals surface area contributed by atoms with Crippen molar-refractivity contribution in [2.75, 3.05) is 0 Å². The number of hydrogen-bond acceptors (Lipinski definition) is 6. The number of nitrogens with one attached hydrogen (secondary N) is 1. The number of benzene rings is 1. The normalized spacial score (nSPS) is 11.5. The highest BCUT2D eigenvalue weighted by atomic mass is 16.6. The lowest BCUT2D eigenvalue weighted by molar-refractivity contribution is -0.384. The molecular weight excluding hydrogens is 314 g/mol. The van der Waals surface area contributed by atoms with Gasteiger partial charge >= 0.3 is 6.09 Å². The van der Waals surface area contributed by atoms with Gasteiger partial charge in [0.1, 0.15) is 17.1 Å². The summed E-state index contributed by atoms with van der Waals surface area (Å²) >= 11 is 0. The van der Waals surface area contributed by atoms with E-state index >= 15 is 0 Å². The molecular formula is C16H17N3O5. The number of nitro benzene ring substituents is 1. The molecule has 8 heteroatoms. The van der Waals surface area contributed by atoms with Crippen LogP contribution in [0.1, 0.15) is 26.5 Å². The Hall–Kier alpha value is -3.16. The topological polar surface area (TPSA) is 107 Å². The molecule has 0 spiro atoms. The molecule has 0 aliphatic carbocycles. The van der Waals surface area contributed by atoms with E-state index in [0.717, 1.165) is 0 Å². The quantitative estimate of drug-likeness (QED) is 0.522. The van der Waals surface area contributed by atoms with Gasteiger partial charge in [0, 0.05) is 6.07 Å². The van der Waals surface area contributed by atoms with Gasteiger partial charge in [-0.3, -0.25) is 10.1 Å². The molecule has 0 aliphatic rings. The predicted octanol–water partition coefficient (Wildman–Crippen LogP) is 3.71. The third-order valence-corrected chi connectivity index (χ3v) is 2.74. The van der Waals surface area contributed by atoms with Crippen molar-refractivity contribution in [1.82, 2.24) is 5.43 Å². The van der Waals surface area contributed by atoms with E-state index in [-0.39, 0.29) is 5.69 Å². The summed E-state index contributed by atoms with van der Waals surface area (Å²) in [7, 11) is 0. The zero-order chi connectivity index (χ0) is 17.7. The maximum atomic E-state index is 11.4. The number of furan rings is 1. The molecule has 0 aliphatic heterocycles. The summed E-state index contributed by atoms with van der Waals surface area (Å²) in [5.41, 5.74) is 1.89. The highest BCUT2D eigenvalue weighted by molar-refractivity contribution is 5.80. The van der Waals surface area contributed by atoms with E-state index in [2.05, 4.69) is 10.5 Å². The monoisotopic (exact) mass is 331 g/mol. The molecule has 1 heterocycles. The number of hydrazone groups is 1. The lowest BCUT2D eigenvalue weighted by Crippen LogP contribution is -2.29. The summed E-state index contributed by atoms with van der Waals surface area (Å²) in [6.45, 7) is 5.21. The summed E-state index contributed by atoms with van der Waals surface area (Å²) in [6.07, 6.45) is 0.589. The van der Waals surface area contributed by atoms with Crippen LogP contribution in [-0.4, -0.2) is 22.8 Å². The summed E-state index contributed by atoms with van der Waals surface area (Å²) in [5.74, 6) is 0.667. The second-order valence-electron chi connectivity index (χ2n) is 5.85. The van der Waals surface area contributed by atoms with E-state index < -0.39 is 16.6 Å². The Morgan fingerprint density at radius 3 is 2.67 bits per heavy atom. The third-order valence-electron chi connectivity index (χ3n) is 2.74. The summed E-state index contributed by atoms with van der Waals surface area (Å²) in [6, 6.07) is 9.44. The van der Waals surface area contributed by atoms with Crippen molar-refractivity contribution in [3.8, 4) is 11.3 Å². The Bertz CT molecular complexity index is 774. The first kappa shape index (κ1) is 17.2. The van der Waals surface area contributed by atoms with Gasteiger partial charge in [0.15, 0.2) is 0 Å². The van der Waals surface area contributed by atoms with Gasteiger partial charge in [-0.1, -0.05) is 12.1 Å². The predicted molar refractivity (Wildman–Crippen MR) is 87.8 cm³/mol. The van der Waals surface area contributed by atoms with Crippen molar-refractivity contribution in [3.63, 3.8) is 0 Å². The van der Waals surface area contributed by atoms with Crippen LogP contribution in [0.4, 0.5) is 10.5 Å². The molecule has 0 fully saturated rings. The van der Waals surface area contributed by atoms with E-state index in [1.165, 1.54) is 12.3 Å². The zero-order valence-electron chi connectivity index (χ0n) is 13.5. The largest absolute Gasteiger partial charge is 0.455 e. The third kappa shape index (κ3) is 4.67. The molecule has 0 saturated carbocycles. The lowest BCUT2D eigenvalue weighted by atomic mass is 10.1. The van der Waals surface area contributed by atoms with Crippen molar-refractivity contribution in [2.45, 2.75) is 26.4 Å². The maximum Gasteiger partial charge on any atom is 0.428 e. The molecule has 1 aromatic carbocycles. The molecule has 1 amide bonds. The number of ether oxygens (including phenoxy) is 1. The SMILES string of the molecule is CC(C)(C)OC(=O)N/N=C/c1ccc(-c2ccccc2[N+](=O)[O-])o1. The van der Waals surface area contributed by atoms with Gasteiger partial charge in [0.05, 0.1) is 16.7 Å². The number of amides is 1. The van der Waals surface area contributed by atoms with Crippen LogP contribution in [0.25, 0.3) is 11.3 Å². The van der Waals surface area contributed by atoms with Crippen LogP contribution in [0.2, 0.25) is 0 Å². The van der Waals surface area contributed by atoms with E-state index in [9.17, 15) is 14.9 Å². The van der Waals surface area contributed by atoms with Gasteiger partial charge in [-0.05, 0) is 39.0 Å². The van der Waals surface area contributed by atoms with Crippen LogP contribution in [-0.2, 0) is 4.74 Å². The van der Waals surface area contributed by atoms with Gasteiger partial charge in [-0.15, -0.1) is 0 Å². The molecule has 2 rings (SSSR count). The van der Waals surface area contributed by atoms with Crippen LogP contribution < -0.4 is 5.43 Å². The molecule has 0 bridgehead atoms. The van der Waals surface area contributed by atoms with Crippen molar-refractivity contribution in [3.05, 3.63) is 52.3 Å². The standard InChI is InChI=1S/C16H17N3O5/c1-16(2,3)24-15(20)18-17-10-11-8-9-14(23-11)12-6-4-5-7-13(12)19(21)22/h4-10H,1-3H3,(H,18,20)/b17-10+. The average molecular weight is 331 g/mol. The van der Waals surface area contributed by atoms with E-state index in [1.54, 1.807) is 51.1 Å². The van der Waals surface area contributed by atoms with Crippen LogP contribution in [0.15, 0.2) is 45.9 Å². The molecule has 1 aromatic heterocycles. The smallest absolute Gasteiger partial charge is 0.428 e. The molecule has 8 nitrogen and oxygen atoms in total. The summed E-state index contributed by atoms with van der Waals surface area (Å²) in [5, 5.41) is 14.8. The van der Waals surface area contributed by atoms with Crippen LogP contribution >= 0.6 is 0 Å². The maximum absolute atomic E-state index is 11.4. The van der Waals surface area contributed by atoms with Crippen LogP contribution in [0.3, 0.4) is 0 Å². The van der Waals surface area contributed by atoms with Gasteiger partial charge < -0.3 is 9.15 Å². The molecule has 24 heavy (non-hydrogen) atoms. The Morgan fingerprint density at radius 2 is 2.00 bits per heavy atom. The average Bonchev–Trinajstić information content (AvgIpc) is 2.94. The fraction of sp³-hybridized carbons (Fsp3) is 0.250. The Morgan fingerprint density at radius 1 is 1.29 bits per heavy atom. The molecule has 0 saturated heterocycles. The highest BCUT2D eigenvalue weighted by Crippen LogP contribution is 2.30. The number of rotatable bonds is 4. The van der Waals surface area contributed by atoms with E-state index in [0.29, 0.717) is 17.1 Å². The minimum atomic E-state index is -0.691. The first-order valence-corrected chi connectivity index (χ1v) is 7.12. The first-order chi connectivity index (χ1) is 11.3. The van der Waals surface area contributed by atoms with E-state index in [4.69, 9.17) is 9.15 Å². The van der Waals surface area contributed by atoms with Gasteiger partial charge in [0.2, 0.25) is 0 Å². The zero-order valence-corrected chi connectivity index (χ0v) is 13.5. The minimum Gasteiger partial charge on any atom is -0.455 e. The minimum absolute atomic E-state index is 0.0535. The number of nitro groups is 1. The highest BCUT2D eigenvalue weighted by Gasteiger charge is 2.17. The number of carbonyl (C=O) groups excluding carboxylic acids is 1. The number of carbonyl (C=O) groups is 1. The van der Waals surface area contributed by atoms with Gasteiger partial charge in [-0.25, -0.2) is 10.2 Å². The van der Waals surface area contributed by atoms with Crippen molar-refractivity contribution < 1.29 is 18.9 Å². The fourth-order valence-electron chi connectivity index (χ4n) is 1.86. The van der Waals surface area contributed by atoms with Gasteiger partial charge in [0.25, 0.3) is 5.69 Å². The lowest BCUT2D eigenvalue weighted by Gasteiger charge is -2.18. The second-order valence-corrected chi connectivity index (χ2v) is 5.85. The molecule has 0 atom stereocenters. The van der Waals surface area contributed by atoms with Crippen LogP contribution in [0.5, 0.6) is 0 Å². The van der Waals surface area contributed by atoms with Crippen molar-refractivity contribution >= 4 is 18.0 Å². The Balaban J connectivity index is 2.08. The molecule has 126 valence electrons. The van der Waals surface area contributed by atoms with E-state index in [1.807, 2.05) is 0 Å². The molecule has 0 radical (unpaired) electrons. The van der Waals surface area contributed by atoms with Crippen LogP contribution in [0, 0.1) is 10.1 Å².